The van der Waals surface area contributed by atoms with E-state index in [2.05, 4.69) is 43.4 Å². The van der Waals surface area contributed by atoms with E-state index in [1.807, 2.05) is 6.92 Å². The van der Waals surface area contributed by atoms with Crippen LogP contribution in [0.4, 0.5) is 0 Å². The van der Waals surface area contributed by atoms with Crippen LogP contribution >= 0.6 is 22.6 Å². The molecule has 4 atom stereocenters. The fourth-order valence-electron chi connectivity index (χ4n) is 4.27. The second-order valence-electron chi connectivity index (χ2n) is 6.57. The fourth-order valence-corrected chi connectivity index (χ4v) is 4.40. The van der Waals surface area contributed by atoms with E-state index in [0.717, 1.165) is 25.2 Å². The lowest BCUT2D eigenvalue weighted by molar-refractivity contribution is -0.166. The summed E-state index contributed by atoms with van der Waals surface area (Å²) < 4.78 is 6.03. The van der Waals surface area contributed by atoms with Crippen LogP contribution in [0.15, 0.2) is 0 Å². The van der Waals surface area contributed by atoms with Crippen molar-refractivity contribution in [1.29, 1.82) is 0 Å². The molecule has 2 saturated carbocycles. The maximum absolute atomic E-state index is 12.2. The number of halogens is 1. The molecule has 4 unspecified atom stereocenters. The molecule has 2 aliphatic carbocycles. The Morgan fingerprint density at radius 2 is 2.06 bits per heavy atom. The third-order valence-corrected chi connectivity index (χ3v) is 6.89. The lowest BCUT2D eigenvalue weighted by atomic mass is 9.77. The van der Waals surface area contributed by atoms with Crippen LogP contribution in [0.1, 0.15) is 59.8 Å². The highest BCUT2D eigenvalue weighted by molar-refractivity contribution is 14.1. The molecular weight excluding hydrogens is 339 g/mol. The third kappa shape index (κ3) is 2.10. The average Bonchev–Trinajstić information content (AvgIpc) is 2.75. The zero-order chi connectivity index (χ0) is 13.6. The van der Waals surface area contributed by atoms with Crippen molar-refractivity contribution in [2.45, 2.75) is 69.3 Å². The molecule has 0 aliphatic heterocycles. The van der Waals surface area contributed by atoms with Crippen LogP contribution in [-0.2, 0) is 9.53 Å². The highest BCUT2D eigenvalue weighted by atomic mass is 127. The van der Waals surface area contributed by atoms with E-state index >= 15 is 0 Å². The fraction of sp³-hybridized carbons (Fsp3) is 0.933. The summed E-state index contributed by atoms with van der Waals surface area (Å²) in [6.45, 7) is 8.95. The quantitative estimate of drug-likeness (QED) is 0.421. The van der Waals surface area contributed by atoms with Crippen LogP contribution in [-0.4, -0.2) is 15.5 Å². The highest BCUT2D eigenvalue weighted by Crippen LogP contribution is 2.64. The Kier molecular flexibility index (Phi) is 4.02. The zero-order valence-corrected chi connectivity index (χ0v) is 14.1. The molecule has 0 aromatic carbocycles. The summed E-state index contributed by atoms with van der Waals surface area (Å²) in [6.07, 6.45) is 5.46. The minimum absolute atomic E-state index is 0.00306. The van der Waals surface area contributed by atoms with Gasteiger partial charge in [0.05, 0.1) is 0 Å². The molecule has 2 bridgehead atoms. The van der Waals surface area contributed by atoms with Crippen molar-refractivity contribution in [2.75, 3.05) is 0 Å². The first-order valence-corrected chi connectivity index (χ1v) is 8.49. The van der Waals surface area contributed by atoms with E-state index in [9.17, 15) is 4.79 Å². The molecule has 0 N–H and O–H groups in total. The topological polar surface area (TPSA) is 26.3 Å². The first kappa shape index (κ1) is 14.6. The van der Waals surface area contributed by atoms with Gasteiger partial charge in [-0.05, 0) is 43.4 Å². The molecule has 18 heavy (non-hydrogen) atoms. The normalized spacial score (nSPS) is 38.7. The number of carbonyl (C=O) groups is 1. The molecule has 0 spiro atoms. The molecule has 3 heteroatoms. The van der Waals surface area contributed by atoms with Gasteiger partial charge in [-0.25, -0.2) is 0 Å². The van der Waals surface area contributed by atoms with Crippen molar-refractivity contribution in [2.24, 2.45) is 17.3 Å². The first-order chi connectivity index (χ1) is 8.37. The summed E-state index contributed by atoms with van der Waals surface area (Å²) in [5.41, 5.74) is 0.186. The Labute approximate surface area is 124 Å². The summed E-state index contributed by atoms with van der Waals surface area (Å²) in [6, 6.07) is 0. The van der Waals surface area contributed by atoms with Crippen molar-refractivity contribution >= 4 is 28.6 Å². The SMILES string of the molecule is CCC(I)C(=O)OC1(CC)CC2CCC1C2(C)C. The molecule has 0 aromatic heterocycles. The Morgan fingerprint density at radius 1 is 1.39 bits per heavy atom. The molecule has 104 valence electrons. The van der Waals surface area contributed by atoms with Gasteiger partial charge in [0.15, 0.2) is 0 Å². The molecule has 0 saturated heterocycles. The van der Waals surface area contributed by atoms with E-state index in [0.29, 0.717) is 11.3 Å². The van der Waals surface area contributed by atoms with Crippen LogP contribution in [0.25, 0.3) is 0 Å². The summed E-state index contributed by atoms with van der Waals surface area (Å²) in [4.78, 5) is 12.2. The van der Waals surface area contributed by atoms with E-state index in [1.54, 1.807) is 0 Å². The van der Waals surface area contributed by atoms with Crippen molar-refractivity contribution in [3.8, 4) is 0 Å². The predicted molar refractivity (Wildman–Crippen MR) is 81.8 cm³/mol. The lowest BCUT2D eigenvalue weighted by Gasteiger charge is -2.38. The number of alkyl halides is 1. The van der Waals surface area contributed by atoms with Crippen LogP contribution < -0.4 is 0 Å². The number of fused-ring (bicyclic) bond motifs is 2. The van der Waals surface area contributed by atoms with E-state index < -0.39 is 0 Å². The maximum Gasteiger partial charge on any atom is 0.319 e. The number of carbonyl (C=O) groups excluding carboxylic acids is 1. The first-order valence-electron chi connectivity index (χ1n) is 7.24. The van der Waals surface area contributed by atoms with Gasteiger partial charge in [-0.1, -0.05) is 50.3 Å². The Bertz CT molecular complexity index is 339. The largest absolute Gasteiger partial charge is 0.458 e. The maximum atomic E-state index is 12.2. The van der Waals surface area contributed by atoms with Crippen molar-refractivity contribution in [3.05, 3.63) is 0 Å². The molecule has 2 nitrogen and oxygen atoms in total. The number of hydrogen-bond acceptors (Lipinski definition) is 2. The molecule has 0 amide bonds. The number of ether oxygens (including phenoxy) is 1. The zero-order valence-electron chi connectivity index (χ0n) is 12.0. The summed E-state index contributed by atoms with van der Waals surface area (Å²) >= 11 is 2.21. The van der Waals surface area contributed by atoms with Gasteiger partial charge in [0, 0.05) is 5.92 Å². The molecule has 2 aliphatic rings. The third-order valence-electron chi connectivity index (χ3n) is 5.50. The molecule has 2 rings (SSSR count). The standard InChI is InChI=1S/C15H25IO2/c1-5-11(16)13(17)18-15(6-2)9-10-7-8-12(15)14(10,3)4/h10-12H,5-9H2,1-4H3. The summed E-state index contributed by atoms with van der Waals surface area (Å²) in [5, 5.41) is 0. The lowest BCUT2D eigenvalue weighted by Crippen LogP contribution is -2.43. The van der Waals surface area contributed by atoms with Gasteiger partial charge < -0.3 is 4.74 Å². The molecule has 0 radical (unpaired) electrons. The summed E-state index contributed by atoms with van der Waals surface area (Å²) in [7, 11) is 0. The van der Waals surface area contributed by atoms with Gasteiger partial charge in [0.25, 0.3) is 0 Å². The number of rotatable bonds is 4. The minimum atomic E-state index is -0.165. The van der Waals surface area contributed by atoms with Gasteiger partial charge >= 0.3 is 5.97 Å². The number of hydrogen-bond donors (Lipinski definition) is 0. The molecule has 0 aromatic rings. The van der Waals surface area contributed by atoms with E-state index in [4.69, 9.17) is 4.74 Å². The van der Waals surface area contributed by atoms with E-state index in [1.165, 1.54) is 12.8 Å². The van der Waals surface area contributed by atoms with Gasteiger partial charge in [0.1, 0.15) is 9.53 Å². The molecule has 2 fully saturated rings. The number of esters is 1. The smallest absolute Gasteiger partial charge is 0.319 e. The van der Waals surface area contributed by atoms with Gasteiger partial charge in [0.2, 0.25) is 0 Å². The second-order valence-corrected chi connectivity index (χ2v) is 8.07. The predicted octanol–water partition coefficient (Wildman–Crippen LogP) is 4.35. The van der Waals surface area contributed by atoms with Crippen LogP contribution in [0.5, 0.6) is 0 Å². The van der Waals surface area contributed by atoms with Gasteiger partial charge in [-0.15, -0.1) is 0 Å². The Morgan fingerprint density at radius 3 is 2.44 bits per heavy atom. The minimum Gasteiger partial charge on any atom is -0.458 e. The van der Waals surface area contributed by atoms with Gasteiger partial charge in [-0.2, -0.15) is 0 Å². The second kappa shape index (κ2) is 4.95. The molecular formula is C15H25IO2. The van der Waals surface area contributed by atoms with Crippen molar-refractivity contribution in [3.63, 3.8) is 0 Å². The monoisotopic (exact) mass is 364 g/mol. The van der Waals surface area contributed by atoms with Crippen LogP contribution in [0.2, 0.25) is 0 Å². The summed E-state index contributed by atoms with van der Waals surface area (Å²) in [5.74, 6) is 1.30. The molecule has 0 heterocycles. The average molecular weight is 364 g/mol. The van der Waals surface area contributed by atoms with Crippen LogP contribution in [0, 0.1) is 17.3 Å². The highest BCUT2D eigenvalue weighted by Gasteiger charge is 2.62. The van der Waals surface area contributed by atoms with Crippen molar-refractivity contribution in [1.82, 2.24) is 0 Å². The Balaban J connectivity index is 2.17. The Hall–Kier alpha value is 0.200. The van der Waals surface area contributed by atoms with Crippen molar-refractivity contribution < 1.29 is 9.53 Å². The van der Waals surface area contributed by atoms with Gasteiger partial charge in [-0.3, -0.25) is 4.79 Å². The van der Waals surface area contributed by atoms with Crippen LogP contribution in [0.3, 0.4) is 0 Å². The van der Waals surface area contributed by atoms with E-state index in [-0.39, 0.29) is 15.5 Å².